The van der Waals surface area contributed by atoms with E-state index in [2.05, 4.69) is 31.2 Å². The summed E-state index contributed by atoms with van der Waals surface area (Å²) in [5.41, 5.74) is 2.56. The lowest BCUT2D eigenvalue weighted by Crippen LogP contribution is -2.25. The normalized spacial score (nSPS) is 18.9. The van der Waals surface area contributed by atoms with Gasteiger partial charge in [0.1, 0.15) is 0 Å². The molecule has 30 heavy (non-hydrogen) atoms. The van der Waals surface area contributed by atoms with E-state index >= 15 is 0 Å². The van der Waals surface area contributed by atoms with Crippen molar-refractivity contribution in [3.63, 3.8) is 0 Å². The Bertz CT molecular complexity index is 784. The van der Waals surface area contributed by atoms with Gasteiger partial charge in [-0.15, -0.1) is 0 Å². The molecule has 1 aliphatic rings. The van der Waals surface area contributed by atoms with Crippen LogP contribution >= 0.6 is 0 Å². The lowest BCUT2D eigenvalue weighted by Gasteiger charge is -2.29. The highest BCUT2D eigenvalue weighted by Gasteiger charge is 2.24. The Morgan fingerprint density at radius 1 is 0.900 bits per heavy atom. The lowest BCUT2D eigenvalue weighted by molar-refractivity contribution is -0.0289. The molecule has 2 aromatic carbocycles. The van der Waals surface area contributed by atoms with Crippen LogP contribution in [0.4, 0.5) is 8.78 Å². The smallest absolute Gasteiger partial charge is 0.204 e. The van der Waals surface area contributed by atoms with Gasteiger partial charge in [-0.25, -0.2) is 0 Å². The van der Waals surface area contributed by atoms with E-state index < -0.39 is 11.6 Å². The van der Waals surface area contributed by atoms with E-state index in [0.29, 0.717) is 19.8 Å². The zero-order valence-electron chi connectivity index (χ0n) is 18.0. The molecular formula is C25H32F2O3. The van der Waals surface area contributed by atoms with Gasteiger partial charge >= 0.3 is 0 Å². The van der Waals surface area contributed by atoms with Gasteiger partial charge in [-0.1, -0.05) is 44.5 Å². The van der Waals surface area contributed by atoms with Crippen LogP contribution in [0.1, 0.15) is 63.2 Å². The van der Waals surface area contributed by atoms with E-state index in [1.54, 1.807) is 0 Å². The highest BCUT2D eigenvalue weighted by molar-refractivity contribution is 5.35. The summed E-state index contributed by atoms with van der Waals surface area (Å²) in [7, 11) is 0. The fourth-order valence-corrected chi connectivity index (χ4v) is 3.64. The Labute approximate surface area is 178 Å². The summed E-state index contributed by atoms with van der Waals surface area (Å²) in [5.74, 6) is -2.00. The quantitative estimate of drug-likeness (QED) is 0.433. The molecular weight excluding hydrogens is 386 g/mol. The lowest BCUT2D eigenvalue weighted by atomic mass is 9.94. The van der Waals surface area contributed by atoms with Crippen LogP contribution in [0.25, 0.3) is 0 Å². The third-order valence-corrected chi connectivity index (χ3v) is 5.49. The molecule has 164 valence electrons. The summed E-state index contributed by atoms with van der Waals surface area (Å²) >= 11 is 0. The van der Waals surface area contributed by atoms with Gasteiger partial charge in [0.15, 0.2) is 11.5 Å². The van der Waals surface area contributed by atoms with Crippen molar-refractivity contribution in [3.05, 3.63) is 59.2 Å². The minimum atomic E-state index is -0.999. The van der Waals surface area contributed by atoms with E-state index in [4.69, 9.17) is 14.2 Å². The third kappa shape index (κ3) is 5.94. The molecule has 1 saturated heterocycles. The van der Waals surface area contributed by atoms with Gasteiger partial charge in [-0.3, -0.25) is 0 Å². The first-order valence-electron chi connectivity index (χ1n) is 11.1. The van der Waals surface area contributed by atoms with Crippen molar-refractivity contribution < 1.29 is 23.0 Å². The average Bonchev–Trinajstić information content (AvgIpc) is 2.79. The molecule has 0 aromatic heterocycles. The highest BCUT2D eigenvalue weighted by atomic mass is 19.2. The van der Waals surface area contributed by atoms with Crippen molar-refractivity contribution in [2.75, 3.05) is 19.8 Å². The van der Waals surface area contributed by atoms with Gasteiger partial charge in [0, 0.05) is 5.92 Å². The monoisotopic (exact) mass is 418 g/mol. The minimum Gasteiger partial charge on any atom is -0.490 e. The molecule has 2 unspecified atom stereocenters. The van der Waals surface area contributed by atoms with Gasteiger partial charge < -0.3 is 14.2 Å². The van der Waals surface area contributed by atoms with E-state index in [1.807, 2.05) is 6.92 Å². The maximum atomic E-state index is 14.2. The molecule has 5 heteroatoms. The van der Waals surface area contributed by atoms with Gasteiger partial charge in [0.25, 0.3) is 0 Å². The average molecular weight is 419 g/mol. The number of hydrogen-bond acceptors (Lipinski definition) is 3. The SMILES string of the molecule is CCCCc1ccc(C2CCC(COc3ccc(OCCC)c(F)c3F)CO2)cc1. The summed E-state index contributed by atoms with van der Waals surface area (Å²) in [6.45, 7) is 5.30. The minimum absolute atomic E-state index is 0.0775. The summed E-state index contributed by atoms with van der Waals surface area (Å²) in [4.78, 5) is 0. The molecule has 0 N–H and O–H groups in total. The summed E-state index contributed by atoms with van der Waals surface area (Å²) < 4.78 is 45.1. The summed E-state index contributed by atoms with van der Waals surface area (Å²) in [5, 5.41) is 0. The standard InChI is InChI=1S/C25H32F2O3/c1-3-5-6-18-7-10-20(11-8-18)21-12-9-19(16-29-21)17-30-23-14-13-22(28-15-4-2)24(26)25(23)27/h7-8,10-11,13-14,19,21H,3-6,9,12,15-17H2,1-2H3. The first-order chi connectivity index (χ1) is 14.6. The number of rotatable bonds is 10. The second kappa shape index (κ2) is 11.3. The maximum absolute atomic E-state index is 14.2. The maximum Gasteiger partial charge on any atom is 0.204 e. The Morgan fingerprint density at radius 2 is 1.60 bits per heavy atom. The van der Waals surface area contributed by atoms with Crippen molar-refractivity contribution in [1.82, 2.24) is 0 Å². The predicted molar refractivity (Wildman–Crippen MR) is 114 cm³/mol. The van der Waals surface area contributed by atoms with Crippen LogP contribution in [-0.2, 0) is 11.2 Å². The fraction of sp³-hybridized carbons (Fsp3) is 0.520. The first-order valence-corrected chi connectivity index (χ1v) is 11.1. The molecule has 2 atom stereocenters. The molecule has 3 nitrogen and oxygen atoms in total. The predicted octanol–water partition coefficient (Wildman–Crippen LogP) is 6.64. The molecule has 0 radical (unpaired) electrons. The van der Waals surface area contributed by atoms with Crippen LogP contribution in [0.5, 0.6) is 11.5 Å². The summed E-state index contributed by atoms with van der Waals surface area (Å²) in [6.07, 6.45) is 6.15. The topological polar surface area (TPSA) is 27.7 Å². The number of aryl methyl sites for hydroxylation is 1. The van der Waals surface area contributed by atoms with Crippen molar-refractivity contribution in [2.24, 2.45) is 5.92 Å². The van der Waals surface area contributed by atoms with Crippen molar-refractivity contribution in [2.45, 2.75) is 58.5 Å². The summed E-state index contributed by atoms with van der Waals surface area (Å²) in [6, 6.07) is 11.5. The van der Waals surface area contributed by atoms with Crippen LogP contribution in [0.3, 0.4) is 0 Å². The van der Waals surface area contributed by atoms with Gasteiger partial charge in [0.05, 0.1) is 25.9 Å². The van der Waals surface area contributed by atoms with Gasteiger partial charge in [0.2, 0.25) is 11.6 Å². The number of benzene rings is 2. The Hall–Kier alpha value is -2.14. The van der Waals surface area contributed by atoms with Crippen molar-refractivity contribution in [3.8, 4) is 11.5 Å². The van der Waals surface area contributed by atoms with Crippen LogP contribution in [-0.4, -0.2) is 19.8 Å². The first kappa shape index (κ1) is 22.5. The number of halogens is 2. The molecule has 3 rings (SSSR count). The highest BCUT2D eigenvalue weighted by Crippen LogP contribution is 2.32. The Morgan fingerprint density at radius 3 is 2.20 bits per heavy atom. The molecule has 0 spiro atoms. The van der Waals surface area contributed by atoms with E-state index in [1.165, 1.54) is 36.1 Å². The molecule has 1 aliphatic heterocycles. The van der Waals surface area contributed by atoms with Crippen molar-refractivity contribution in [1.29, 1.82) is 0 Å². The largest absolute Gasteiger partial charge is 0.490 e. The Balaban J connectivity index is 1.47. The van der Waals surface area contributed by atoms with Crippen LogP contribution in [0, 0.1) is 17.6 Å². The molecule has 0 aliphatic carbocycles. The van der Waals surface area contributed by atoms with Crippen LogP contribution in [0.15, 0.2) is 36.4 Å². The number of ether oxygens (including phenoxy) is 3. The van der Waals surface area contributed by atoms with E-state index in [0.717, 1.165) is 25.7 Å². The van der Waals surface area contributed by atoms with E-state index in [-0.39, 0.29) is 23.5 Å². The van der Waals surface area contributed by atoms with Crippen molar-refractivity contribution >= 4 is 0 Å². The Kier molecular flexibility index (Phi) is 8.50. The van der Waals surface area contributed by atoms with E-state index in [9.17, 15) is 8.78 Å². The third-order valence-electron chi connectivity index (χ3n) is 5.49. The second-order valence-electron chi connectivity index (χ2n) is 7.96. The molecule has 1 heterocycles. The molecule has 2 aromatic rings. The van der Waals surface area contributed by atoms with Gasteiger partial charge in [-0.2, -0.15) is 8.78 Å². The second-order valence-corrected chi connectivity index (χ2v) is 7.96. The fourth-order valence-electron chi connectivity index (χ4n) is 3.64. The molecule has 0 bridgehead atoms. The van der Waals surface area contributed by atoms with Crippen LogP contribution in [0.2, 0.25) is 0 Å². The zero-order chi connectivity index (χ0) is 21.3. The number of unbranched alkanes of at least 4 members (excludes halogenated alkanes) is 1. The number of hydrogen-bond donors (Lipinski definition) is 0. The van der Waals surface area contributed by atoms with Crippen LogP contribution < -0.4 is 9.47 Å². The van der Waals surface area contributed by atoms with Gasteiger partial charge in [-0.05, 0) is 55.4 Å². The molecule has 0 saturated carbocycles. The molecule has 0 amide bonds. The zero-order valence-corrected chi connectivity index (χ0v) is 18.0. The molecule has 1 fully saturated rings.